The van der Waals surface area contributed by atoms with Gasteiger partial charge in [0.1, 0.15) is 5.82 Å². The molecule has 1 aliphatic rings. The maximum atomic E-state index is 13.8. The second kappa shape index (κ2) is 6.91. The van der Waals surface area contributed by atoms with E-state index in [2.05, 4.69) is 5.32 Å². The molecule has 5 heteroatoms. The first-order valence-corrected chi connectivity index (χ1v) is 7.87. The molecule has 0 aliphatic heterocycles. The van der Waals surface area contributed by atoms with Crippen LogP contribution in [0.15, 0.2) is 42.5 Å². The summed E-state index contributed by atoms with van der Waals surface area (Å²) in [5.74, 6) is 0.823. The largest absolute Gasteiger partial charge is 0.493 e. The number of methoxy groups -OCH3 is 2. The molecule has 2 unspecified atom stereocenters. The maximum absolute atomic E-state index is 13.8. The minimum absolute atomic E-state index is 0.0170. The molecule has 126 valence electrons. The van der Waals surface area contributed by atoms with Crippen LogP contribution in [-0.2, 0) is 11.3 Å². The summed E-state index contributed by atoms with van der Waals surface area (Å²) in [5.41, 5.74) is 1.55. The molecule has 1 saturated carbocycles. The van der Waals surface area contributed by atoms with Gasteiger partial charge in [-0.05, 0) is 41.7 Å². The molecule has 0 heterocycles. The number of halogens is 1. The Morgan fingerprint density at radius 3 is 2.62 bits per heavy atom. The van der Waals surface area contributed by atoms with E-state index >= 15 is 0 Å². The van der Waals surface area contributed by atoms with Crippen molar-refractivity contribution in [3.63, 3.8) is 0 Å². The molecule has 2 aromatic carbocycles. The van der Waals surface area contributed by atoms with Crippen LogP contribution in [0.5, 0.6) is 11.5 Å². The molecule has 0 spiro atoms. The second-order valence-electron chi connectivity index (χ2n) is 5.88. The summed E-state index contributed by atoms with van der Waals surface area (Å²) in [6.07, 6.45) is 0.693. The number of rotatable bonds is 6. The van der Waals surface area contributed by atoms with E-state index in [0.29, 0.717) is 30.0 Å². The second-order valence-corrected chi connectivity index (χ2v) is 5.88. The lowest BCUT2D eigenvalue weighted by Crippen LogP contribution is -2.25. The maximum Gasteiger partial charge on any atom is 0.224 e. The summed E-state index contributed by atoms with van der Waals surface area (Å²) in [4.78, 5) is 12.3. The Morgan fingerprint density at radius 1 is 1.17 bits per heavy atom. The zero-order chi connectivity index (χ0) is 17.1. The van der Waals surface area contributed by atoms with Gasteiger partial charge in [-0.3, -0.25) is 4.79 Å². The molecule has 3 rings (SSSR count). The van der Waals surface area contributed by atoms with Gasteiger partial charge in [0, 0.05) is 12.5 Å². The van der Waals surface area contributed by atoms with E-state index in [0.717, 1.165) is 5.56 Å². The van der Waals surface area contributed by atoms with Crippen molar-refractivity contribution in [2.24, 2.45) is 5.92 Å². The Labute approximate surface area is 140 Å². The van der Waals surface area contributed by atoms with Crippen molar-refractivity contribution < 1.29 is 18.7 Å². The molecule has 1 N–H and O–H groups in total. The van der Waals surface area contributed by atoms with Crippen LogP contribution in [0.1, 0.15) is 23.5 Å². The SMILES string of the molecule is COc1ccc(CNC(=O)C2CC2c2ccccc2F)cc1OC. The fraction of sp³-hybridized carbons (Fsp3) is 0.316. The lowest BCUT2D eigenvalue weighted by atomic mass is 10.1. The van der Waals surface area contributed by atoms with E-state index in [-0.39, 0.29) is 23.6 Å². The normalized spacial score (nSPS) is 18.8. The third-order valence-corrected chi connectivity index (χ3v) is 4.35. The fourth-order valence-electron chi connectivity index (χ4n) is 2.92. The van der Waals surface area contributed by atoms with Crippen LogP contribution in [-0.4, -0.2) is 20.1 Å². The highest BCUT2D eigenvalue weighted by Crippen LogP contribution is 2.48. The van der Waals surface area contributed by atoms with Crippen molar-refractivity contribution in [1.82, 2.24) is 5.32 Å². The minimum atomic E-state index is -0.238. The molecule has 4 nitrogen and oxygen atoms in total. The number of nitrogens with one attached hydrogen (secondary N) is 1. The quantitative estimate of drug-likeness (QED) is 0.885. The van der Waals surface area contributed by atoms with E-state index in [4.69, 9.17) is 9.47 Å². The molecular formula is C19H20FNO3. The molecule has 2 atom stereocenters. The molecule has 24 heavy (non-hydrogen) atoms. The molecule has 1 fully saturated rings. The third kappa shape index (κ3) is 3.35. The Bertz CT molecular complexity index is 747. The molecule has 1 amide bonds. The van der Waals surface area contributed by atoms with Gasteiger partial charge in [-0.15, -0.1) is 0 Å². The topological polar surface area (TPSA) is 47.6 Å². The summed E-state index contributed by atoms with van der Waals surface area (Å²) < 4.78 is 24.2. The van der Waals surface area contributed by atoms with Gasteiger partial charge in [0.2, 0.25) is 5.91 Å². The van der Waals surface area contributed by atoms with Crippen LogP contribution in [0.2, 0.25) is 0 Å². The van der Waals surface area contributed by atoms with Crippen molar-refractivity contribution >= 4 is 5.91 Å². The van der Waals surface area contributed by atoms with Crippen LogP contribution in [0.25, 0.3) is 0 Å². The van der Waals surface area contributed by atoms with Gasteiger partial charge in [-0.1, -0.05) is 24.3 Å². The van der Waals surface area contributed by atoms with Gasteiger partial charge in [0.15, 0.2) is 11.5 Å². The smallest absolute Gasteiger partial charge is 0.224 e. The molecule has 0 bridgehead atoms. The van der Waals surface area contributed by atoms with E-state index in [1.165, 1.54) is 6.07 Å². The minimum Gasteiger partial charge on any atom is -0.493 e. The average molecular weight is 329 g/mol. The van der Waals surface area contributed by atoms with Crippen LogP contribution in [0.4, 0.5) is 4.39 Å². The summed E-state index contributed by atoms with van der Waals surface area (Å²) in [6.45, 7) is 0.402. The fourth-order valence-corrected chi connectivity index (χ4v) is 2.92. The predicted molar refractivity (Wildman–Crippen MR) is 88.6 cm³/mol. The zero-order valence-electron chi connectivity index (χ0n) is 13.7. The van der Waals surface area contributed by atoms with Gasteiger partial charge >= 0.3 is 0 Å². The van der Waals surface area contributed by atoms with E-state index in [9.17, 15) is 9.18 Å². The van der Waals surface area contributed by atoms with E-state index in [1.54, 1.807) is 38.5 Å². The van der Waals surface area contributed by atoms with Gasteiger partial charge < -0.3 is 14.8 Å². The van der Waals surface area contributed by atoms with Crippen molar-refractivity contribution in [2.45, 2.75) is 18.9 Å². The van der Waals surface area contributed by atoms with Crippen molar-refractivity contribution in [3.05, 3.63) is 59.4 Å². The molecule has 1 aliphatic carbocycles. The molecule has 0 radical (unpaired) electrons. The number of carbonyl (C=O) groups is 1. The summed E-state index contributed by atoms with van der Waals surface area (Å²) in [6, 6.07) is 12.2. The number of carbonyl (C=O) groups excluding carboxylic acids is 1. The van der Waals surface area contributed by atoms with Gasteiger partial charge in [-0.2, -0.15) is 0 Å². The first-order valence-electron chi connectivity index (χ1n) is 7.87. The van der Waals surface area contributed by atoms with Crippen molar-refractivity contribution in [1.29, 1.82) is 0 Å². The van der Waals surface area contributed by atoms with Crippen molar-refractivity contribution in [2.75, 3.05) is 14.2 Å². The molecule has 0 saturated heterocycles. The number of hydrogen-bond acceptors (Lipinski definition) is 3. The highest BCUT2D eigenvalue weighted by atomic mass is 19.1. The Morgan fingerprint density at radius 2 is 1.92 bits per heavy atom. The monoisotopic (exact) mass is 329 g/mol. The molecule has 2 aromatic rings. The van der Waals surface area contributed by atoms with Gasteiger partial charge in [-0.25, -0.2) is 4.39 Å². The van der Waals surface area contributed by atoms with Crippen LogP contribution in [0, 0.1) is 11.7 Å². The number of amides is 1. The number of hydrogen-bond donors (Lipinski definition) is 1. The standard InChI is InChI=1S/C19H20FNO3/c1-23-17-8-7-12(9-18(17)24-2)11-21-19(22)15-10-14(15)13-5-3-4-6-16(13)20/h3-9,14-15H,10-11H2,1-2H3,(H,21,22). The van der Waals surface area contributed by atoms with Gasteiger partial charge in [0.25, 0.3) is 0 Å². The number of benzene rings is 2. The summed E-state index contributed by atoms with van der Waals surface area (Å²) >= 11 is 0. The third-order valence-electron chi connectivity index (χ3n) is 4.35. The summed E-state index contributed by atoms with van der Waals surface area (Å²) in [5, 5.41) is 2.91. The first-order chi connectivity index (χ1) is 11.6. The van der Waals surface area contributed by atoms with E-state index < -0.39 is 0 Å². The number of ether oxygens (including phenoxy) is 2. The average Bonchev–Trinajstić information content (AvgIpc) is 3.40. The lowest BCUT2D eigenvalue weighted by molar-refractivity contribution is -0.122. The highest BCUT2D eigenvalue weighted by Gasteiger charge is 2.44. The Balaban J connectivity index is 1.58. The Kier molecular flexibility index (Phi) is 4.69. The van der Waals surface area contributed by atoms with Crippen LogP contribution in [0.3, 0.4) is 0 Å². The predicted octanol–water partition coefficient (Wildman–Crippen LogP) is 3.26. The molecular weight excluding hydrogens is 309 g/mol. The highest BCUT2D eigenvalue weighted by molar-refractivity contribution is 5.82. The van der Waals surface area contributed by atoms with Crippen LogP contribution >= 0.6 is 0 Å². The zero-order valence-corrected chi connectivity index (χ0v) is 13.7. The lowest BCUT2D eigenvalue weighted by Gasteiger charge is -2.10. The van der Waals surface area contributed by atoms with E-state index in [1.807, 2.05) is 12.1 Å². The van der Waals surface area contributed by atoms with Crippen molar-refractivity contribution in [3.8, 4) is 11.5 Å². The Hall–Kier alpha value is -2.56. The van der Waals surface area contributed by atoms with Gasteiger partial charge in [0.05, 0.1) is 14.2 Å². The summed E-state index contributed by atoms with van der Waals surface area (Å²) in [7, 11) is 3.15. The molecule has 0 aromatic heterocycles. The van der Waals surface area contributed by atoms with Crippen LogP contribution < -0.4 is 14.8 Å². The first kappa shape index (κ1) is 16.3.